The summed E-state index contributed by atoms with van der Waals surface area (Å²) in [7, 11) is 0. The minimum absolute atomic E-state index is 0.408. The van der Waals surface area contributed by atoms with E-state index in [0.29, 0.717) is 18.6 Å². The quantitative estimate of drug-likeness (QED) is 0.830. The molecule has 0 saturated heterocycles. The van der Waals surface area contributed by atoms with Gasteiger partial charge >= 0.3 is 0 Å². The van der Waals surface area contributed by atoms with E-state index in [1.807, 2.05) is 24.3 Å². The first-order valence-electron chi connectivity index (χ1n) is 5.87. The smallest absolute Gasteiger partial charge is 0.249 e. The average molecular weight is 239 g/mol. The molecule has 90 valence electrons. The van der Waals surface area contributed by atoms with Crippen molar-refractivity contribution in [3.8, 4) is 5.75 Å². The average Bonchev–Trinajstić information content (AvgIpc) is 2.57. The fourth-order valence-corrected chi connectivity index (χ4v) is 2.33. The van der Waals surface area contributed by atoms with Crippen molar-refractivity contribution >= 4 is 5.91 Å². The van der Waals surface area contributed by atoms with Crippen LogP contribution in [0.3, 0.4) is 0 Å². The molecular weight excluding hydrogens is 226 g/mol. The van der Waals surface area contributed by atoms with Crippen molar-refractivity contribution in [1.29, 1.82) is 0 Å². The van der Waals surface area contributed by atoms with Crippen molar-refractivity contribution in [2.45, 2.75) is 13.0 Å². The Morgan fingerprint density at radius 3 is 2.61 bits per heavy atom. The number of amides is 1. The summed E-state index contributed by atoms with van der Waals surface area (Å²) < 4.78 is 5.76. The summed E-state index contributed by atoms with van der Waals surface area (Å²) in [4.78, 5) is 11.5. The van der Waals surface area contributed by atoms with Crippen LogP contribution in [0, 0.1) is 0 Å². The van der Waals surface area contributed by atoms with Gasteiger partial charge in [-0.05, 0) is 23.3 Å². The van der Waals surface area contributed by atoms with Crippen LogP contribution in [0.15, 0.2) is 42.5 Å². The molecular formula is C15H13NO2. The third-order valence-corrected chi connectivity index (χ3v) is 3.27. The highest BCUT2D eigenvalue weighted by atomic mass is 16.5. The van der Waals surface area contributed by atoms with Crippen LogP contribution in [0.4, 0.5) is 0 Å². The first kappa shape index (κ1) is 10.8. The normalized spacial score (nSPS) is 12.9. The SMILES string of the molecule is NC(=O)c1cccc2c1Cc1ccccc1CO2. The molecule has 0 fully saturated rings. The summed E-state index contributed by atoms with van der Waals surface area (Å²) in [5.41, 5.74) is 9.19. The lowest BCUT2D eigenvalue weighted by Crippen LogP contribution is -2.14. The van der Waals surface area contributed by atoms with Gasteiger partial charge in [0.05, 0.1) is 0 Å². The molecule has 0 spiro atoms. The summed E-state index contributed by atoms with van der Waals surface area (Å²) in [6.07, 6.45) is 0.685. The molecule has 0 atom stereocenters. The zero-order valence-corrected chi connectivity index (χ0v) is 9.85. The van der Waals surface area contributed by atoms with Crippen LogP contribution >= 0.6 is 0 Å². The number of ether oxygens (including phenoxy) is 1. The minimum atomic E-state index is -0.408. The Labute approximate surface area is 105 Å². The molecule has 2 aromatic carbocycles. The van der Waals surface area contributed by atoms with Gasteiger partial charge in [-0.2, -0.15) is 0 Å². The van der Waals surface area contributed by atoms with E-state index in [1.165, 1.54) is 5.56 Å². The van der Waals surface area contributed by atoms with Gasteiger partial charge in [0, 0.05) is 17.5 Å². The van der Waals surface area contributed by atoms with E-state index in [9.17, 15) is 4.79 Å². The number of benzene rings is 2. The van der Waals surface area contributed by atoms with Gasteiger partial charge in [0.1, 0.15) is 12.4 Å². The van der Waals surface area contributed by atoms with Crippen LogP contribution in [0.25, 0.3) is 0 Å². The van der Waals surface area contributed by atoms with Gasteiger partial charge in [-0.3, -0.25) is 4.79 Å². The number of nitrogens with two attached hydrogens (primary N) is 1. The van der Waals surface area contributed by atoms with E-state index in [1.54, 1.807) is 12.1 Å². The number of rotatable bonds is 1. The summed E-state index contributed by atoms with van der Waals surface area (Å²) in [5.74, 6) is 0.345. The molecule has 3 rings (SSSR count). The standard InChI is InChI=1S/C15H13NO2/c16-15(17)12-6-3-7-14-13(12)8-10-4-1-2-5-11(10)9-18-14/h1-7H,8-9H2,(H2,16,17). The number of hydrogen-bond acceptors (Lipinski definition) is 2. The lowest BCUT2D eigenvalue weighted by Gasteiger charge is -2.09. The first-order chi connectivity index (χ1) is 8.75. The van der Waals surface area contributed by atoms with Crippen molar-refractivity contribution in [2.75, 3.05) is 0 Å². The second kappa shape index (κ2) is 4.18. The molecule has 18 heavy (non-hydrogen) atoms. The van der Waals surface area contributed by atoms with Crippen LogP contribution in [-0.2, 0) is 13.0 Å². The Morgan fingerprint density at radius 2 is 1.83 bits per heavy atom. The Hall–Kier alpha value is -2.29. The maximum atomic E-state index is 11.5. The van der Waals surface area contributed by atoms with Crippen molar-refractivity contribution in [3.63, 3.8) is 0 Å². The Bertz CT molecular complexity index is 620. The van der Waals surface area contributed by atoms with Crippen molar-refractivity contribution in [1.82, 2.24) is 0 Å². The van der Waals surface area contributed by atoms with Crippen molar-refractivity contribution < 1.29 is 9.53 Å². The molecule has 0 aromatic heterocycles. The molecule has 0 saturated carbocycles. The molecule has 3 nitrogen and oxygen atoms in total. The predicted octanol–water partition coefficient (Wildman–Crippen LogP) is 2.27. The Kier molecular flexibility index (Phi) is 2.52. The predicted molar refractivity (Wildman–Crippen MR) is 68.5 cm³/mol. The van der Waals surface area contributed by atoms with E-state index in [2.05, 4.69) is 6.07 Å². The van der Waals surface area contributed by atoms with E-state index in [4.69, 9.17) is 10.5 Å². The van der Waals surface area contributed by atoms with Crippen molar-refractivity contribution in [2.24, 2.45) is 5.73 Å². The molecule has 1 amide bonds. The molecule has 0 radical (unpaired) electrons. The molecule has 0 bridgehead atoms. The largest absolute Gasteiger partial charge is 0.489 e. The first-order valence-corrected chi connectivity index (χ1v) is 5.87. The molecule has 1 aliphatic heterocycles. The minimum Gasteiger partial charge on any atom is -0.489 e. The second-order valence-corrected chi connectivity index (χ2v) is 4.38. The fourth-order valence-electron chi connectivity index (χ4n) is 2.33. The van der Waals surface area contributed by atoms with Crippen LogP contribution in [-0.4, -0.2) is 5.91 Å². The van der Waals surface area contributed by atoms with Crippen LogP contribution < -0.4 is 10.5 Å². The van der Waals surface area contributed by atoms with Crippen LogP contribution in [0.5, 0.6) is 5.75 Å². The molecule has 1 heterocycles. The van der Waals surface area contributed by atoms with Gasteiger partial charge in [-0.15, -0.1) is 0 Å². The molecule has 0 aliphatic carbocycles. The monoisotopic (exact) mass is 239 g/mol. The van der Waals surface area contributed by atoms with Crippen LogP contribution in [0.2, 0.25) is 0 Å². The topological polar surface area (TPSA) is 52.3 Å². The highest BCUT2D eigenvalue weighted by molar-refractivity contribution is 5.95. The molecule has 1 aliphatic rings. The number of carbonyl (C=O) groups is 1. The summed E-state index contributed by atoms with van der Waals surface area (Å²) >= 11 is 0. The fraction of sp³-hybridized carbons (Fsp3) is 0.133. The van der Waals surface area contributed by atoms with E-state index in [0.717, 1.165) is 16.9 Å². The summed E-state index contributed by atoms with van der Waals surface area (Å²) in [5, 5.41) is 0. The number of primary amides is 1. The Morgan fingerprint density at radius 1 is 1.06 bits per heavy atom. The highest BCUT2D eigenvalue weighted by Gasteiger charge is 2.18. The molecule has 0 unspecified atom stereocenters. The zero-order valence-electron chi connectivity index (χ0n) is 9.85. The van der Waals surface area contributed by atoms with Gasteiger partial charge in [-0.1, -0.05) is 30.3 Å². The molecule has 2 N–H and O–H groups in total. The maximum Gasteiger partial charge on any atom is 0.249 e. The number of carbonyl (C=O) groups excluding carboxylic acids is 1. The third kappa shape index (κ3) is 1.74. The Balaban J connectivity index is 2.15. The second-order valence-electron chi connectivity index (χ2n) is 4.38. The van der Waals surface area contributed by atoms with Gasteiger partial charge in [0.2, 0.25) is 5.91 Å². The molecule has 3 heteroatoms. The lowest BCUT2D eigenvalue weighted by molar-refractivity contribution is 0.0999. The van der Waals surface area contributed by atoms with Crippen LogP contribution in [0.1, 0.15) is 27.0 Å². The third-order valence-electron chi connectivity index (χ3n) is 3.27. The number of fused-ring (bicyclic) bond motifs is 2. The van der Waals surface area contributed by atoms with E-state index in [-0.39, 0.29) is 0 Å². The van der Waals surface area contributed by atoms with Gasteiger partial charge in [0.15, 0.2) is 0 Å². The van der Waals surface area contributed by atoms with E-state index < -0.39 is 5.91 Å². The summed E-state index contributed by atoms with van der Waals surface area (Å²) in [6.45, 7) is 0.533. The highest BCUT2D eigenvalue weighted by Crippen LogP contribution is 2.30. The summed E-state index contributed by atoms with van der Waals surface area (Å²) in [6, 6.07) is 13.5. The van der Waals surface area contributed by atoms with E-state index >= 15 is 0 Å². The zero-order chi connectivity index (χ0) is 12.5. The molecule has 2 aromatic rings. The van der Waals surface area contributed by atoms with Gasteiger partial charge in [-0.25, -0.2) is 0 Å². The lowest BCUT2D eigenvalue weighted by atomic mass is 9.96. The van der Waals surface area contributed by atoms with Gasteiger partial charge in [0.25, 0.3) is 0 Å². The number of hydrogen-bond donors (Lipinski definition) is 1. The van der Waals surface area contributed by atoms with Crippen molar-refractivity contribution in [3.05, 3.63) is 64.7 Å². The maximum absolute atomic E-state index is 11.5. The van der Waals surface area contributed by atoms with Gasteiger partial charge < -0.3 is 10.5 Å².